The van der Waals surface area contributed by atoms with E-state index in [4.69, 9.17) is 9.97 Å². The van der Waals surface area contributed by atoms with Crippen LogP contribution < -0.4 is 10.2 Å². The summed E-state index contributed by atoms with van der Waals surface area (Å²) >= 11 is 0. The number of fused-ring (bicyclic) bond motifs is 2. The maximum Gasteiger partial charge on any atom is 0.324 e. The zero-order valence-electron chi connectivity index (χ0n) is 19.6. The lowest BCUT2D eigenvalue weighted by Gasteiger charge is -2.31. The normalized spacial score (nSPS) is 16.2. The Balaban J connectivity index is 1.39. The van der Waals surface area contributed by atoms with Gasteiger partial charge in [-0.05, 0) is 56.7 Å². The molecular formula is C26H29N7O. The SMILES string of the molecule is Cc1cccc2cnc(Nc3cc(N(C)C(=O)N4CCCCC4)c4nc(C5CC5)[nH]c4c3)nc12. The fraction of sp³-hybridized carbons (Fsp3) is 0.385. The average molecular weight is 456 g/mol. The van der Waals surface area contributed by atoms with Gasteiger partial charge < -0.3 is 15.2 Å². The number of imidazole rings is 1. The highest BCUT2D eigenvalue weighted by Gasteiger charge is 2.29. The molecule has 8 nitrogen and oxygen atoms in total. The van der Waals surface area contributed by atoms with E-state index in [0.29, 0.717) is 11.9 Å². The summed E-state index contributed by atoms with van der Waals surface area (Å²) in [5.41, 5.74) is 5.38. The molecule has 3 heterocycles. The summed E-state index contributed by atoms with van der Waals surface area (Å²) in [7, 11) is 1.84. The van der Waals surface area contributed by atoms with E-state index in [2.05, 4.69) is 28.3 Å². The minimum absolute atomic E-state index is 0.0201. The van der Waals surface area contributed by atoms with Crippen LogP contribution in [0.2, 0.25) is 0 Å². The number of H-pyrrole nitrogens is 1. The Morgan fingerprint density at radius 3 is 2.74 bits per heavy atom. The number of rotatable bonds is 4. The molecule has 6 rings (SSSR count). The van der Waals surface area contributed by atoms with Gasteiger partial charge in [0.1, 0.15) is 11.3 Å². The van der Waals surface area contributed by atoms with Crippen LogP contribution in [0.25, 0.3) is 21.9 Å². The Bertz CT molecular complexity index is 1380. The van der Waals surface area contributed by atoms with E-state index in [1.807, 2.05) is 42.4 Å². The summed E-state index contributed by atoms with van der Waals surface area (Å²) in [6, 6.07) is 10.1. The molecule has 34 heavy (non-hydrogen) atoms. The molecule has 2 aromatic carbocycles. The lowest BCUT2D eigenvalue weighted by molar-refractivity contribution is 0.194. The fourth-order valence-corrected chi connectivity index (χ4v) is 4.79. The predicted octanol–water partition coefficient (Wildman–Crippen LogP) is 5.48. The highest BCUT2D eigenvalue weighted by atomic mass is 16.2. The smallest absolute Gasteiger partial charge is 0.324 e. The molecule has 1 aliphatic carbocycles. The third kappa shape index (κ3) is 3.83. The highest BCUT2D eigenvalue weighted by Crippen LogP contribution is 2.41. The van der Waals surface area contributed by atoms with Crippen molar-refractivity contribution >= 4 is 45.3 Å². The Morgan fingerprint density at radius 1 is 1.12 bits per heavy atom. The van der Waals surface area contributed by atoms with Gasteiger partial charge in [0.25, 0.3) is 0 Å². The molecule has 2 aliphatic rings. The van der Waals surface area contributed by atoms with Gasteiger partial charge in [-0.15, -0.1) is 0 Å². The molecule has 0 bridgehead atoms. The lowest BCUT2D eigenvalue weighted by Crippen LogP contribution is -2.44. The predicted molar refractivity (Wildman–Crippen MR) is 135 cm³/mol. The summed E-state index contributed by atoms with van der Waals surface area (Å²) in [4.78, 5) is 34.6. The number of aromatic nitrogens is 4. The number of nitrogens with zero attached hydrogens (tertiary/aromatic N) is 5. The number of benzene rings is 2. The van der Waals surface area contributed by atoms with Gasteiger partial charge in [0.2, 0.25) is 5.95 Å². The first-order valence-corrected chi connectivity index (χ1v) is 12.1. The third-order valence-corrected chi connectivity index (χ3v) is 6.89. The molecule has 1 saturated carbocycles. The van der Waals surface area contributed by atoms with Crippen molar-refractivity contribution in [1.29, 1.82) is 0 Å². The average Bonchev–Trinajstić information content (AvgIpc) is 3.63. The van der Waals surface area contributed by atoms with Crippen LogP contribution in [0.3, 0.4) is 0 Å². The van der Waals surface area contributed by atoms with Gasteiger partial charge in [0.05, 0.1) is 16.7 Å². The number of para-hydroxylation sites is 1. The van der Waals surface area contributed by atoms with Crippen molar-refractivity contribution in [1.82, 2.24) is 24.8 Å². The van der Waals surface area contributed by atoms with Gasteiger partial charge in [-0.2, -0.15) is 0 Å². The standard InChI is InChI=1S/C26H29N7O/c1-16-7-6-8-18-15-27-25(31-22(16)18)28-19-13-20-23(30-24(29-20)17-9-10-17)21(14-19)32(2)26(34)33-11-4-3-5-12-33/h6-8,13-15,17H,3-5,9-12H2,1-2H3,(H,29,30)(H,27,28,31). The number of nitrogens with one attached hydrogen (secondary N) is 2. The number of amides is 2. The lowest BCUT2D eigenvalue weighted by atomic mass is 10.1. The van der Waals surface area contributed by atoms with Gasteiger partial charge in [-0.3, -0.25) is 4.90 Å². The number of carbonyl (C=O) groups is 1. The molecule has 2 fully saturated rings. The van der Waals surface area contributed by atoms with E-state index in [9.17, 15) is 4.79 Å². The Morgan fingerprint density at radius 2 is 1.94 bits per heavy atom. The molecule has 0 radical (unpaired) electrons. The maximum atomic E-state index is 13.3. The van der Waals surface area contributed by atoms with Crippen molar-refractivity contribution in [2.24, 2.45) is 0 Å². The molecule has 174 valence electrons. The summed E-state index contributed by atoms with van der Waals surface area (Å²) in [5.74, 6) is 2.02. The van der Waals surface area contributed by atoms with Gasteiger partial charge in [-0.25, -0.2) is 19.7 Å². The second kappa shape index (κ2) is 8.27. The minimum Gasteiger partial charge on any atom is -0.342 e. The molecule has 0 unspecified atom stereocenters. The molecule has 1 aliphatic heterocycles. The topological polar surface area (TPSA) is 90.0 Å². The van der Waals surface area contributed by atoms with Gasteiger partial charge in [-0.1, -0.05) is 18.2 Å². The van der Waals surface area contributed by atoms with E-state index in [0.717, 1.165) is 83.5 Å². The molecule has 0 atom stereocenters. The summed E-state index contributed by atoms with van der Waals surface area (Å²) in [6.07, 6.45) is 7.46. The van der Waals surface area contributed by atoms with Crippen LogP contribution in [0.4, 0.5) is 22.1 Å². The summed E-state index contributed by atoms with van der Waals surface area (Å²) in [5, 5.41) is 4.37. The molecular weight excluding hydrogens is 426 g/mol. The van der Waals surface area contributed by atoms with Crippen molar-refractivity contribution in [2.45, 2.75) is 44.9 Å². The number of carbonyl (C=O) groups excluding carboxylic acids is 1. The monoisotopic (exact) mass is 455 g/mol. The first-order valence-electron chi connectivity index (χ1n) is 12.1. The second-order valence-corrected chi connectivity index (χ2v) is 9.51. The van der Waals surface area contributed by atoms with Crippen LogP contribution >= 0.6 is 0 Å². The number of urea groups is 1. The molecule has 1 saturated heterocycles. The first-order chi connectivity index (χ1) is 16.6. The number of aryl methyl sites for hydroxylation is 1. The Kier molecular flexibility index (Phi) is 5.08. The van der Waals surface area contributed by atoms with Crippen LogP contribution in [0.15, 0.2) is 36.5 Å². The van der Waals surface area contributed by atoms with Crippen LogP contribution in [0.5, 0.6) is 0 Å². The maximum absolute atomic E-state index is 13.3. The van der Waals surface area contributed by atoms with Crippen molar-refractivity contribution < 1.29 is 4.79 Å². The zero-order valence-corrected chi connectivity index (χ0v) is 19.6. The van der Waals surface area contributed by atoms with Crippen molar-refractivity contribution in [3.8, 4) is 0 Å². The number of hydrogen-bond acceptors (Lipinski definition) is 5. The fourth-order valence-electron chi connectivity index (χ4n) is 4.79. The van der Waals surface area contributed by atoms with E-state index in [1.54, 1.807) is 4.90 Å². The van der Waals surface area contributed by atoms with Gasteiger partial charge >= 0.3 is 6.03 Å². The largest absolute Gasteiger partial charge is 0.342 e. The van der Waals surface area contributed by atoms with Crippen molar-refractivity contribution in [3.63, 3.8) is 0 Å². The molecule has 2 aromatic heterocycles. The van der Waals surface area contributed by atoms with Crippen molar-refractivity contribution in [3.05, 3.63) is 47.9 Å². The zero-order chi connectivity index (χ0) is 23.2. The van der Waals surface area contributed by atoms with Crippen LogP contribution in [-0.4, -0.2) is 51.0 Å². The minimum atomic E-state index is 0.0201. The number of likely N-dealkylation sites (tertiary alicyclic amines) is 1. The quantitative estimate of drug-likeness (QED) is 0.425. The summed E-state index contributed by atoms with van der Waals surface area (Å²) in [6.45, 7) is 3.67. The van der Waals surface area contributed by atoms with Gasteiger partial charge in [0.15, 0.2) is 0 Å². The van der Waals surface area contributed by atoms with E-state index < -0.39 is 0 Å². The molecule has 2 amide bonds. The molecule has 8 heteroatoms. The van der Waals surface area contributed by atoms with Crippen LogP contribution in [0, 0.1) is 6.92 Å². The van der Waals surface area contributed by atoms with Gasteiger partial charge in [0, 0.05) is 43.3 Å². The number of piperidine rings is 1. The Hall–Kier alpha value is -3.68. The third-order valence-electron chi connectivity index (χ3n) is 6.89. The highest BCUT2D eigenvalue weighted by molar-refractivity contribution is 6.02. The van der Waals surface area contributed by atoms with E-state index >= 15 is 0 Å². The van der Waals surface area contributed by atoms with Crippen LogP contribution in [0.1, 0.15) is 49.4 Å². The van der Waals surface area contributed by atoms with E-state index in [-0.39, 0.29) is 6.03 Å². The van der Waals surface area contributed by atoms with Crippen LogP contribution in [-0.2, 0) is 0 Å². The number of anilines is 3. The second-order valence-electron chi connectivity index (χ2n) is 9.51. The molecule has 0 spiro atoms. The molecule has 4 aromatic rings. The Labute approximate surface area is 198 Å². The number of aromatic amines is 1. The number of hydrogen-bond donors (Lipinski definition) is 2. The molecule has 2 N–H and O–H groups in total. The van der Waals surface area contributed by atoms with E-state index in [1.165, 1.54) is 6.42 Å². The first kappa shape index (κ1) is 20.9. The summed E-state index contributed by atoms with van der Waals surface area (Å²) < 4.78 is 0. The van der Waals surface area contributed by atoms with Crippen molar-refractivity contribution in [2.75, 3.05) is 30.4 Å².